The normalized spacial score (nSPS) is 9.69. The lowest BCUT2D eigenvalue weighted by atomic mass is 10.3. The van der Waals surface area contributed by atoms with Crippen molar-refractivity contribution in [2.24, 2.45) is 0 Å². The molecule has 1 heterocycles. The van der Waals surface area contributed by atoms with E-state index in [2.05, 4.69) is 20.1 Å². The van der Waals surface area contributed by atoms with Crippen molar-refractivity contribution >= 4 is 17.2 Å². The number of carboxylic acid groups (broad SMARTS) is 1. The third kappa shape index (κ3) is 3.95. The molecule has 0 unspecified atom stereocenters. The first-order chi connectivity index (χ1) is 7.59. The summed E-state index contributed by atoms with van der Waals surface area (Å²) in [5, 5.41) is 18.1. The molecule has 16 heavy (non-hydrogen) atoms. The topological polar surface area (TPSA) is 88.1 Å². The van der Waals surface area contributed by atoms with E-state index in [1.54, 1.807) is 13.8 Å². The number of nitrogens with zero attached hydrogens (tertiary/aromatic N) is 2. The molecule has 0 amide bonds. The number of para-hydroxylation sites is 1. The summed E-state index contributed by atoms with van der Waals surface area (Å²) in [6.45, 7) is 3.32. The summed E-state index contributed by atoms with van der Waals surface area (Å²) < 4.78 is 4.17. The smallest absolute Gasteiger partial charge is 0.450 e. The van der Waals surface area contributed by atoms with Gasteiger partial charge in [0.15, 0.2) is 0 Å². The molecule has 1 aromatic carbocycles. The Morgan fingerprint density at radius 1 is 1.44 bits per heavy atom. The molecule has 1 aromatic heterocycles. The molecule has 0 atom stereocenters. The lowest BCUT2D eigenvalue weighted by Crippen LogP contribution is -2.07. The highest BCUT2D eigenvalue weighted by Crippen LogP contribution is 2.03. The van der Waals surface area contributed by atoms with Crippen LogP contribution in [0.4, 0.5) is 4.79 Å². The monoisotopic (exact) mass is 223 g/mol. The van der Waals surface area contributed by atoms with Gasteiger partial charge >= 0.3 is 6.16 Å². The molecule has 2 N–H and O–H groups in total. The van der Waals surface area contributed by atoms with Crippen LogP contribution < -0.4 is 0 Å². The molecular formula is C10H13N3O3. The van der Waals surface area contributed by atoms with E-state index in [9.17, 15) is 4.79 Å². The fourth-order valence-electron chi connectivity index (χ4n) is 0.990. The zero-order valence-electron chi connectivity index (χ0n) is 9.04. The number of hydrogen-bond donors (Lipinski definition) is 2. The van der Waals surface area contributed by atoms with Crippen LogP contribution in [0.25, 0.3) is 11.0 Å². The van der Waals surface area contributed by atoms with E-state index in [1.807, 2.05) is 24.3 Å². The van der Waals surface area contributed by atoms with Crippen molar-refractivity contribution in [2.45, 2.75) is 20.0 Å². The van der Waals surface area contributed by atoms with Gasteiger partial charge in [0.1, 0.15) is 5.52 Å². The molecule has 0 radical (unpaired) electrons. The van der Waals surface area contributed by atoms with Crippen LogP contribution in [0.1, 0.15) is 13.8 Å². The van der Waals surface area contributed by atoms with E-state index in [1.165, 1.54) is 0 Å². The Morgan fingerprint density at radius 2 is 2.12 bits per heavy atom. The predicted molar refractivity (Wildman–Crippen MR) is 58.1 cm³/mol. The van der Waals surface area contributed by atoms with Gasteiger partial charge in [-0.2, -0.15) is 0 Å². The summed E-state index contributed by atoms with van der Waals surface area (Å²) >= 11 is 0. The van der Waals surface area contributed by atoms with Gasteiger partial charge in [0.05, 0.1) is 11.6 Å². The largest absolute Gasteiger partial charge is 0.506 e. The van der Waals surface area contributed by atoms with Gasteiger partial charge in [-0.3, -0.25) is 5.10 Å². The Hall–Kier alpha value is -2.11. The number of nitrogens with one attached hydrogen (secondary N) is 1. The maximum atomic E-state index is 9.59. The van der Waals surface area contributed by atoms with Crippen molar-refractivity contribution < 1.29 is 14.6 Å². The van der Waals surface area contributed by atoms with Crippen LogP contribution >= 0.6 is 0 Å². The molecule has 0 saturated carbocycles. The summed E-state index contributed by atoms with van der Waals surface area (Å²) in [4.78, 5) is 9.59. The molecule has 86 valence electrons. The maximum Gasteiger partial charge on any atom is 0.506 e. The second kappa shape index (κ2) is 5.69. The summed E-state index contributed by atoms with van der Waals surface area (Å²) in [5.41, 5.74) is 1.90. The zero-order chi connectivity index (χ0) is 12.0. The number of H-pyrrole nitrogens is 1. The Balaban J connectivity index is 0.000000168. The minimum Gasteiger partial charge on any atom is -0.450 e. The van der Waals surface area contributed by atoms with Crippen LogP contribution in [-0.2, 0) is 4.74 Å². The van der Waals surface area contributed by atoms with E-state index in [0.717, 1.165) is 11.0 Å². The molecule has 2 rings (SSSR count). The second-order valence-corrected chi connectivity index (χ2v) is 3.26. The van der Waals surface area contributed by atoms with Crippen LogP contribution in [0.15, 0.2) is 24.3 Å². The fraction of sp³-hybridized carbons (Fsp3) is 0.300. The Labute approximate surface area is 92.2 Å². The third-order valence-electron chi connectivity index (χ3n) is 1.57. The summed E-state index contributed by atoms with van der Waals surface area (Å²) in [6.07, 6.45) is -1.44. The first kappa shape index (κ1) is 12.0. The number of ether oxygens (including phenoxy) is 1. The first-order valence-corrected chi connectivity index (χ1v) is 4.75. The Kier molecular flexibility index (Phi) is 4.26. The van der Waals surface area contributed by atoms with Crippen LogP contribution in [0.3, 0.4) is 0 Å². The minimum atomic E-state index is -1.21. The molecule has 0 bridgehead atoms. The van der Waals surface area contributed by atoms with Gasteiger partial charge in [0.2, 0.25) is 0 Å². The third-order valence-corrected chi connectivity index (χ3v) is 1.57. The minimum absolute atomic E-state index is 0.225. The van der Waals surface area contributed by atoms with Crippen LogP contribution in [-0.4, -0.2) is 32.8 Å². The number of aromatic amines is 1. The van der Waals surface area contributed by atoms with Gasteiger partial charge in [0, 0.05) is 0 Å². The maximum absolute atomic E-state index is 9.59. The first-order valence-electron chi connectivity index (χ1n) is 4.75. The number of fused-ring (bicyclic) bond motifs is 1. The number of rotatable bonds is 1. The molecule has 0 spiro atoms. The van der Waals surface area contributed by atoms with Gasteiger partial charge in [0.25, 0.3) is 0 Å². The highest BCUT2D eigenvalue weighted by Gasteiger charge is 1.97. The molecule has 0 aliphatic carbocycles. The van der Waals surface area contributed by atoms with E-state index in [-0.39, 0.29) is 6.10 Å². The average Bonchev–Trinajstić information content (AvgIpc) is 2.63. The van der Waals surface area contributed by atoms with Gasteiger partial charge in [-0.25, -0.2) is 4.79 Å². The van der Waals surface area contributed by atoms with Crippen LogP contribution in [0, 0.1) is 0 Å². The van der Waals surface area contributed by atoms with Gasteiger partial charge in [-0.15, -0.1) is 5.10 Å². The molecule has 0 fully saturated rings. The van der Waals surface area contributed by atoms with Gasteiger partial charge < -0.3 is 9.84 Å². The van der Waals surface area contributed by atoms with E-state index in [0.29, 0.717) is 0 Å². The second-order valence-electron chi connectivity index (χ2n) is 3.26. The molecule has 2 aromatic rings. The van der Waals surface area contributed by atoms with Crippen molar-refractivity contribution in [3.8, 4) is 0 Å². The Morgan fingerprint density at radius 3 is 2.62 bits per heavy atom. The standard InChI is InChI=1S/C6H5N3.C4H8O3/c1-2-4-6-5(3-1)7-9-8-6;1-3(2)7-4(5)6/h1-4H,(H,7,8,9);3H,1-2H3,(H,5,6). The number of hydrogen-bond acceptors (Lipinski definition) is 4. The van der Waals surface area contributed by atoms with Crippen LogP contribution in [0.5, 0.6) is 0 Å². The average molecular weight is 223 g/mol. The summed E-state index contributed by atoms with van der Waals surface area (Å²) in [5.74, 6) is 0. The summed E-state index contributed by atoms with van der Waals surface area (Å²) in [6, 6.07) is 7.74. The van der Waals surface area contributed by atoms with Crippen molar-refractivity contribution in [3.05, 3.63) is 24.3 Å². The Bertz CT molecular complexity index is 423. The zero-order valence-corrected chi connectivity index (χ0v) is 9.04. The molecule has 0 aliphatic rings. The van der Waals surface area contributed by atoms with Crippen molar-refractivity contribution in [3.63, 3.8) is 0 Å². The van der Waals surface area contributed by atoms with E-state index >= 15 is 0 Å². The highest BCUT2D eigenvalue weighted by molar-refractivity contribution is 5.72. The van der Waals surface area contributed by atoms with Crippen LogP contribution in [0.2, 0.25) is 0 Å². The highest BCUT2D eigenvalue weighted by atomic mass is 16.7. The lowest BCUT2D eigenvalue weighted by molar-refractivity contribution is 0.0660. The van der Waals surface area contributed by atoms with Crippen molar-refractivity contribution in [2.75, 3.05) is 0 Å². The number of carbonyl (C=O) groups is 1. The van der Waals surface area contributed by atoms with Gasteiger partial charge in [-0.1, -0.05) is 17.3 Å². The van der Waals surface area contributed by atoms with E-state index < -0.39 is 6.16 Å². The number of benzene rings is 1. The van der Waals surface area contributed by atoms with E-state index in [4.69, 9.17) is 5.11 Å². The summed E-state index contributed by atoms with van der Waals surface area (Å²) in [7, 11) is 0. The van der Waals surface area contributed by atoms with Crippen molar-refractivity contribution in [1.29, 1.82) is 0 Å². The molecule has 0 aliphatic heterocycles. The molecule has 0 saturated heterocycles. The molecule has 6 nitrogen and oxygen atoms in total. The quantitative estimate of drug-likeness (QED) is 0.722. The fourth-order valence-corrected chi connectivity index (χ4v) is 0.990. The lowest BCUT2D eigenvalue weighted by Gasteiger charge is -1.99. The van der Waals surface area contributed by atoms with Gasteiger partial charge in [-0.05, 0) is 26.0 Å². The molecule has 6 heteroatoms. The van der Waals surface area contributed by atoms with Crippen molar-refractivity contribution in [1.82, 2.24) is 15.4 Å². The molecular weight excluding hydrogens is 210 g/mol. The predicted octanol–water partition coefficient (Wildman–Crippen LogP) is 2.05. The SMILES string of the molecule is CC(C)OC(=O)O.c1ccc2[nH]nnc2c1. The number of aromatic nitrogens is 3.